The van der Waals surface area contributed by atoms with Gasteiger partial charge in [-0.1, -0.05) is 95.4 Å². The second-order valence-corrected chi connectivity index (χ2v) is 14.1. The number of nitrogens with one attached hydrogen (secondary N) is 1. The van der Waals surface area contributed by atoms with Crippen LogP contribution in [0.15, 0.2) is 77.3 Å². The number of nitrogens with zero attached hydrogens (tertiary/aromatic N) is 2. The predicted molar refractivity (Wildman–Crippen MR) is 172 cm³/mol. The van der Waals surface area contributed by atoms with E-state index in [-0.39, 0.29) is 18.5 Å². The highest BCUT2D eigenvalue weighted by Gasteiger charge is 2.34. The number of anilines is 1. The molecule has 1 N–H and O–H groups in total. The molecule has 0 spiro atoms. The van der Waals surface area contributed by atoms with Crippen molar-refractivity contribution in [2.45, 2.75) is 71.0 Å². The van der Waals surface area contributed by atoms with Crippen molar-refractivity contribution in [1.29, 1.82) is 0 Å². The second-order valence-electron chi connectivity index (χ2n) is 11.3. The Bertz CT molecular complexity index is 1470. The van der Waals surface area contributed by atoms with Gasteiger partial charge in [-0.15, -0.1) is 0 Å². The molecule has 224 valence electrons. The van der Waals surface area contributed by atoms with Crippen LogP contribution in [0.5, 0.6) is 0 Å². The molecule has 42 heavy (non-hydrogen) atoms. The van der Waals surface area contributed by atoms with Gasteiger partial charge in [-0.25, -0.2) is 8.42 Å². The van der Waals surface area contributed by atoms with Crippen LogP contribution in [0.1, 0.15) is 54.4 Å². The zero-order valence-corrected chi connectivity index (χ0v) is 27.0. The number of carbonyl (C=O) groups is 2. The van der Waals surface area contributed by atoms with Gasteiger partial charge in [0, 0.05) is 23.5 Å². The summed E-state index contributed by atoms with van der Waals surface area (Å²) in [5.74, 6) is -0.656. The van der Waals surface area contributed by atoms with Gasteiger partial charge >= 0.3 is 0 Å². The highest BCUT2D eigenvalue weighted by atomic mass is 79.9. The molecule has 1 fully saturated rings. The molecule has 3 aromatic carbocycles. The number of benzene rings is 3. The summed E-state index contributed by atoms with van der Waals surface area (Å²) in [4.78, 5) is 29.8. The maximum Gasteiger partial charge on any atom is 0.244 e. The number of hydrogen-bond donors (Lipinski definition) is 1. The quantitative estimate of drug-likeness (QED) is 0.278. The SMILES string of the molecule is Cc1ccc(N(CC(=O)N(Cc2ccc(Br)cc2)[C@@H](Cc2ccccc2)C(=O)NC2CCCCC2)S(C)(=O)=O)c(C)c1. The third-order valence-electron chi connectivity index (χ3n) is 7.79. The van der Waals surface area contributed by atoms with Crippen LogP contribution in [0.25, 0.3) is 0 Å². The van der Waals surface area contributed by atoms with E-state index in [0.29, 0.717) is 12.1 Å². The van der Waals surface area contributed by atoms with E-state index in [4.69, 9.17) is 0 Å². The van der Waals surface area contributed by atoms with Crippen molar-refractivity contribution in [3.8, 4) is 0 Å². The lowest BCUT2D eigenvalue weighted by Gasteiger charge is -2.35. The Hall–Kier alpha value is -3.17. The highest BCUT2D eigenvalue weighted by molar-refractivity contribution is 9.10. The summed E-state index contributed by atoms with van der Waals surface area (Å²) in [6.45, 7) is 3.51. The summed E-state index contributed by atoms with van der Waals surface area (Å²) in [5.41, 5.74) is 3.96. The van der Waals surface area contributed by atoms with Gasteiger partial charge in [0.2, 0.25) is 21.8 Å². The van der Waals surface area contributed by atoms with E-state index in [9.17, 15) is 18.0 Å². The molecule has 0 unspecified atom stereocenters. The summed E-state index contributed by atoms with van der Waals surface area (Å²) < 4.78 is 28.2. The third-order valence-corrected chi connectivity index (χ3v) is 9.44. The van der Waals surface area contributed by atoms with Crippen LogP contribution in [-0.2, 0) is 32.6 Å². The Morgan fingerprint density at radius 3 is 2.21 bits per heavy atom. The number of rotatable bonds is 11. The fourth-order valence-corrected chi connectivity index (χ4v) is 6.74. The van der Waals surface area contributed by atoms with Crippen molar-refractivity contribution in [3.05, 3.63) is 99.5 Å². The predicted octanol–water partition coefficient (Wildman–Crippen LogP) is 5.92. The van der Waals surface area contributed by atoms with E-state index in [1.165, 1.54) is 0 Å². The first-order valence-electron chi connectivity index (χ1n) is 14.4. The summed E-state index contributed by atoms with van der Waals surface area (Å²) in [6, 6.07) is 21.9. The molecular formula is C33H40BrN3O4S. The molecular weight excluding hydrogens is 614 g/mol. The van der Waals surface area contributed by atoms with Crippen LogP contribution >= 0.6 is 15.9 Å². The summed E-state index contributed by atoms with van der Waals surface area (Å²) in [5, 5.41) is 3.23. The fraction of sp³-hybridized carbons (Fsp3) is 0.394. The molecule has 7 nitrogen and oxygen atoms in total. The van der Waals surface area contributed by atoms with Crippen LogP contribution in [0.3, 0.4) is 0 Å². The standard InChI is InChI=1S/C33H40BrN3O4S/c1-24-14-19-30(25(2)20-24)37(42(3,40)41)23-32(38)36(22-27-15-17-28(34)18-16-27)31(21-26-10-6-4-7-11-26)33(39)35-29-12-8-5-9-13-29/h4,6-7,10-11,14-20,29,31H,5,8-9,12-13,21-23H2,1-3H3,(H,35,39)/t31-/m0/s1. The molecule has 2 amide bonds. The summed E-state index contributed by atoms with van der Waals surface area (Å²) in [6.07, 6.45) is 6.54. The van der Waals surface area contributed by atoms with Gasteiger partial charge in [-0.05, 0) is 61.6 Å². The van der Waals surface area contributed by atoms with Gasteiger partial charge in [-0.3, -0.25) is 13.9 Å². The van der Waals surface area contributed by atoms with E-state index in [2.05, 4.69) is 21.2 Å². The van der Waals surface area contributed by atoms with Crippen molar-refractivity contribution in [1.82, 2.24) is 10.2 Å². The number of carbonyl (C=O) groups excluding carboxylic acids is 2. The highest BCUT2D eigenvalue weighted by Crippen LogP contribution is 2.25. The number of halogens is 1. The fourth-order valence-electron chi connectivity index (χ4n) is 5.56. The van der Waals surface area contributed by atoms with Gasteiger partial charge < -0.3 is 10.2 Å². The van der Waals surface area contributed by atoms with Crippen LogP contribution in [0.4, 0.5) is 5.69 Å². The van der Waals surface area contributed by atoms with Crippen molar-refractivity contribution in [2.75, 3.05) is 17.1 Å². The first kappa shape index (κ1) is 31.8. The second kappa shape index (κ2) is 14.3. The molecule has 1 saturated carbocycles. The van der Waals surface area contributed by atoms with Crippen molar-refractivity contribution >= 4 is 43.5 Å². The summed E-state index contributed by atoms with van der Waals surface area (Å²) >= 11 is 3.47. The first-order valence-corrected chi connectivity index (χ1v) is 17.1. The zero-order chi connectivity index (χ0) is 30.3. The minimum Gasteiger partial charge on any atom is -0.352 e. The molecule has 0 bridgehead atoms. The minimum atomic E-state index is -3.81. The normalized spacial score (nSPS) is 14.7. The number of aryl methyl sites for hydroxylation is 2. The van der Waals surface area contributed by atoms with Crippen LogP contribution in [-0.4, -0.2) is 50.0 Å². The monoisotopic (exact) mass is 653 g/mol. The van der Waals surface area contributed by atoms with E-state index in [0.717, 1.165) is 69.4 Å². The molecule has 4 rings (SSSR count). The summed E-state index contributed by atoms with van der Waals surface area (Å²) in [7, 11) is -3.81. The largest absolute Gasteiger partial charge is 0.352 e. The lowest BCUT2D eigenvalue weighted by atomic mass is 9.94. The topological polar surface area (TPSA) is 86.8 Å². The average Bonchev–Trinajstić information content (AvgIpc) is 2.95. The van der Waals surface area contributed by atoms with E-state index < -0.39 is 28.5 Å². The van der Waals surface area contributed by atoms with E-state index >= 15 is 0 Å². The maximum absolute atomic E-state index is 14.3. The Labute approximate surface area is 258 Å². The number of amides is 2. The molecule has 0 heterocycles. The van der Waals surface area contributed by atoms with Gasteiger partial charge in [0.25, 0.3) is 0 Å². The molecule has 0 saturated heterocycles. The van der Waals surface area contributed by atoms with Crippen LogP contribution < -0.4 is 9.62 Å². The Balaban J connectivity index is 1.73. The Morgan fingerprint density at radius 1 is 0.929 bits per heavy atom. The van der Waals surface area contributed by atoms with E-state index in [1.807, 2.05) is 80.6 Å². The maximum atomic E-state index is 14.3. The Kier molecular flexibility index (Phi) is 10.8. The molecule has 1 aliphatic rings. The van der Waals surface area contributed by atoms with Gasteiger partial charge in [0.15, 0.2) is 0 Å². The molecule has 0 aromatic heterocycles. The Morgan fingerprint density at radius 2 is 1.60 bits per heavy atom. The molecule has 3 aromatic rings. The minimum absolute atomic E-state index is 0.0666. The lowest BCUT2D eigenvalue weighted by molar-refractivity contribution is -0.140. The van der Waals surface area contributed by atoms with E-state index in [1.54, 1.807) is 11.0 Å². The molecule has 1 aliphatic carbocycles. The lowest BCUT2D eigenvalue weighted by Crippen LogP contribution is -2.55. The van der Waals surface area contributed by atoms with Gasteiger partial charge in [0.1, 0.15) is 12.6 Å². The molecule has 1 atom stereocenters. The molecule has 0 aliphatic heterocycles. The van der Waals surface area contributed by atoms with Gasteiger partial charge in [0.05, 0.1) is 11.9 Å². The molecule has 9 heteroatoms. The average molecular weight is 655 g/mol. The van der Waals surface area contributed by atoms with Gasteiger partial charge in [-0.2, -0.15) is 0 Å². The number of sulfonamides is 1. The van der Waals surface area contributed by atoms with Crippen molar-refractivity contribution in [3.63, 3.8) is 0 Å². The third kappa shape index (κ3) is 8.67. The number of hydrogen-bond acceptors (Lipinski definition) is 4. The van der Waals surface area contributed by atoms with Crippen molar-refractivity contribution < 1.29 is 18.0 Å². The zero-order valence-electron chi connectivity index (χ0n) is 24.6. The first-order chi connectivity index (χ1) is 20.0. The molecule has 0 radical (unpaired) electrons. The van der Waals surface area contributed by atoms with Crippen LogP contribution in [0, 0.1) is 13.8 Å². The smallest absolute Gasteiger partial charge is 0.244 e. The van der Waals surface area contributed by atoms with Crippen molar-refractivity contribution in [2.24, 2.45) is 0 Å². The van der Waals surface area contributed by atoms with Crippen LogP contribution in [0.2, 0.25) is 0 Å².